The summed E-state index contributed by atoms with van der Waals surface area (Å²) in [5.41, 5.74) is 1.42. The minimum absolute atomic E-state index is 0.00801. The van der Waals surface area contributed by atoms with Crippen molar-refractivity contribution in [1.29, 1.82) is 0 Å². The van der Waals surface area contributed by atoms with Crippen LogP contribution >= 0.6 is 0 Å². The molecule has 6 aliphatic heterocycles. The van der Waals surface area contributed by atoms with Gasteiger partial charge in [0.1, 0.15) is 0 Å². The zero-order chi connectivity index (χ0) is 59.9. The van der Waals surface area contributed by atoms with Crippen molar-refractivity contribution in [2.45, 2.75) is 281 Å². The molecule has 80 heavy (non-hydrogen) atoms. The molecule has 0 amide bonds. The summed E-state index contributed by atoms with van der Waals surface area (Å²) in [5, 5.41) is 0. The molecule has 12 heteroatoms. The fourth-order valence-electron chi connectivity index (χ4n) is 14.5. The number of hydrogen-bond acceptors (Lipinski definition) is 10. The Labute approximate surface area is 489 Å². The molecule has 2 aromatic carbocycles. The van der Waals surface area contributed by atoms with Crippen LogP contribution in [0, 0.1) is 47.3 Å². The summed E-state index contributed by atoms with van der Waals surface area (Å²) < 4.78 is 111. The van der Waals surface area contributed by atoms with Crippen molar-refractivity contribution >= 4 is 19.7 Å². The minimum Gasteiger partial charge on any atom is -0.374 e. The van der Waals surface area contributed by atoms with Crippen LogP contribution in [0.3, 0.4) is 0 Å². The molecule has 0 aliphatic carbocycles. The Bertz CT molecular complexity index is 2390. The summed E-state index contributed by atoms with van der Waals surface area (Å²) in [6, 6.07) is 17.5. The lowest BCUT2D eigenvalue weighted by Gasteiger charge is -2.42. The predicted octanol–water partition coefficient (Wildman–Crippen LogP) is 15.6. The van der Waals surface area contributed by atoms with Gasteiger partial charge < -0.3 is 28.4 Å². The smallest absolute Gasteiger partial charge is 0.178 e. The van der Waals surface area contributed by atoms with Crippen LogP contribution in [0.25, 0.3) is 0 Å². The Kier molecular flexibility index (Phi) is 22.2. The molecule has 5 unspecified atom stereocenters. The maximum absolute atomic E-state index is 13.4. The fraction of sp³-hybridized carbons (Fsp3) is 0.765. The maximum atomic E-state index is 13.4. The van der Waals surface area contributed by atoms with Gasteiger partial charge in [0.15, 0.2) is 19.7 Å². The van der Waals surface area contributed by atoms with E-state index in [4.69, 9.17) is 31.2 Å². The summed E-state index contributed by atoms with van der Waals surface area (Å²) in [5.74, 6) is 1.27. The molecule has 0 saturated carbocycles. The molecule has 0 radical (unpaired) electrons. The summed E-state index contributed by atoms with van der Waals surface area (Å²) in [6.07, 6.45) is 14.0. The van der Waals surface area contributed by atoms with Gasteiger partial charge in [0.25, 0.3) is 0 Å². The Hall–Kier alpha value is -2.42. The van der Waals surface area contributed by atoms with Crippen molar-refractivity contribution in [2.24, 2.45) is 47.3 Å². The van der Waals surface area contributed by atoms with Crippen molar-refractivity contribution in [3.63, 3.8) is 0 Å². The summed E-state index contributed by atoms with van der Waals surface area (Å²) in [4.78, 5) is 0.719. The topological polar surface area (TPSA) is 124 Å². The van der Waals surface area contributed by atoms with Gasteiger partial charge in [-0.3, -0.25) is 0 Å². The number of rotatable bonds is 26. The Morgan fingerprint density at radius 3 is 1.25 bits per heavy atom. The number of allylic oxidation sites excluding steroid dienone is 2. The lowest BCUT2D eigenvalue weighted by Crippen LogP contribution is -2.48. The molecule has 22 atom stereocenters. The zero-order valence-electron chi connectivity index (χ0n) is 53.4. The van der Waals surface area contributed by atoms with E-state index in [-0.39, 0.29) is 119 Å². The monoisotopic (exact) mass is 1150 g/mol. The first-order valence-corrected chi connectivity index (χ1v) is 34.8. The van der Waals surface area contributed by atoms with E-state index in [1.165, 1.54) is 0 Å². The Morgan fingerprint density at radius 1 is 0.550 bits per heavy atom. The molecule has 452 valence electrons. The van der Waals surface area contributed by atoms with Crippen molar-refractivity contribution in [2.75, 3.05) is 11.5 Å². The molecule has 0 N–H and O–H groups in total. The molecule has 8 rings (SSSR count). The largest absolute Gasteiger partial charge is 0.374 e. The standard InChI is InChI=1S/2C34H54O5S/c2*1-8-23(3)19-32-27(7)30(22-40(35,36)29-13-11-10-12-14-29)31(38-32)17-15-24(4)25(5)20-28-16-18-33-34(9-2,39-28)21-26(6)37-33/h2*10-14,23,25-28,30-33H,4,8-9,15-22H2,1-3,5-7H3/t23?,25-,26+,27-,28?,30-,31?,32-,33+,34+;23?,25-,26+,27-,28-,30-,31?,32-,33+,34+/m11/s1/i2*15T/t15-,23?,25+,26-,27+,28?,30+,31?,32+,33-,34-;15-,23?,25+,26-,27+,28+,30+,31?,32+,33-,34-/m00. The number of hydrogen-bond donors (Lipinski definition) is 0. The lowest BCUT2D eigenvalue weighted by molar-refractivity contribution is -0.170. The highest BCUT2D eigenvalue weighted by molar-refractivity contribution is 7.91. The maximum Gasteiger partial charge on any atom is 0.178 e. The van der Waals surface area contributed by atoms with Gasteiger partial charge in [-0.25, -0.2) is 16.8 Å². The highest BCUT2D eigenvalue weighted by Crippen LogP contribution is 2.48. The van der Waals surface area contributed by atoms with Gasteiger partial charge in [-0.05, 0) is 163 Å². The first-order chi connectivity index (χ1) is 38.8. The van der Waals surface area contributed by atoms with Crippen LogP contribution in [0.1, 0.15) is 201 Å². The van der Waals surface area contributed by atoms with Crippen LogP contribution in [0.15, 0.2) is 94.8 Å². The molecule has 6 heterocycles. The van der Waals surface area contributed by atoms with Gasteiger partial charge in [0.05, 0.1) is 93.5 Å². The molecule has 0 spiro atoms. The van der Waals surface area contributed by atoms with Crippen LogP contribution in [0.2, 0.25) is 0 Å². The molecule has 2 aromatic rings. The first-order valence-electron chi connectivity index (χ1n) is 32.7. The minimum atomic E-state index is -3.47. The van der Waals surface area contributed by atoms with E-state index in [2.05, 4.69) is 96.2 Å². The molecule has 6 fully saturated rings. The number of ether oxygens (including phenoxy) is 6. The summed E-state index contributed by atoms with van der Waals surface area (Å²) in [7, 11) is -6.94. The van der Waals surface area contributed by atoms with E-state index in [0.29, 0.717) is 34.5 Å². The molecule has 6 aliphatic rings. The number of sulfone groups is 2. The normalized spacial score (nSPS) is 37.0. The van der Waals surface area contributed by atoms with E-state index < -0.39 is 32.5 Å². The van der Waals surface area contributed by atoms with Crippen molar-refractivity contribution < 1.29 is 48.0 Å². The SMILES string of the molecule is [3H][C@@H](CC1O[C@H](CC(C)CC)[C@H](C)[C@H]1CS(=O)(=O)c1ccccc1)C(=C)[C@H](C)CC1CC[C@@H]2O[C@@H](C)C[C@]2(CC)O1.[3H][C@@H](CC1O[C@H](CC(C)CC)[C@H](C)[C@H]1CS(=O)(=O)c1ccccc1)C(=C)[C@H](C)C[C@H]1CC[C@@H]2O[C@@H](C)C[C@]2(CC)O1. The summed E-state index contributed by atoms with van der Waals surface area (Å²) in [6.45, 7) is 34.9. The predicted molar refractivity (Wildman–Crippen MR) is 324 cm³/mol. The molecular weight excluding hydrogens is 1040 g/mol. The summed E-state index contributed by atoms with van der Waals surface area (Å²) >= 11 is 0. The van der Waals surface area contributed by atoms with E-state index in [1.807, 2.05) is 12.1 Å². The third-order valence-electron chi connectivity index (χ3n) is 20.3. The van der Waals surface area contributed by atoms with Crippen LogP contribution in [-0.4, -0.2) is 101 Å². The van der Waals surface area contributed by atoms with Gasteiger partial charge in [0.2, 0.25) is 0 Å². The van der Waals surface area contributed by atoms with Gasteiger partial charge >= 0.3 is 0 Å². The van der Waals surface area contributed by atoms with E-state index in [9.17, 15) is 16.8 Å². The van der Waals surface area contributed by atoms with Crippen LogP contribution < -0.4 is 0 Å². The van der Waals surface area contributed by atoms with Gasteiger partial charge in [-0.1, -0.05) is 143 Å². The third kappa shape index (κ3) is 16.1. The van der Waals surface area contributed by atoms with Crippen LogP contribution in [-0.2, 0) is 48.1 Å². The molecule has 0 bridgehead atoms. The second-order valence-corrected chi connectivity index (χ2v) is 30.3. The average Bonchev–Trinajstić information content (AvgIpc) is 3.76. The highest BCUT2D eigenvalue weighted by Gasteiger charge is 2.53. The zero-order valence-corrected chi connectivity index (χ0v) is 53.0. The molecular formula is C68H108O10S2. The fourth-order valence-corrected chi connectivity index (χ4v) is 18.1. The van der Waals surface area contributed by atoms with E-state index in [0.717, 1.165) is 101 Å². The second-order valence-electron chi connectivity index (χ2n) is 26.2. The third-order valence-corrected chi connectivity index (χ3v) is 24.0. The lowest BCUT2D eigenvalue weighted by atomic mass is 9.81. The quantitative estimate of drug-likeness (QED) is 0.0841. The van der Waals surface area contributed by atoms with Crippen LogP contribution in [0.5, 0.6) is 0 Å². The van der Waals surface area contributed by atoms with E-state index >= 15 is 0 Å². The average molecular weight is 1150 g/mol. The van der Waals surface area contributed by atoms with Crippen LogP contribution in [0.4, 0.5) is 0 Å². The molecule has 6 saturated heterocycles. The Balaban J connectivity index is 0.000000236. The van der Waals surface area contributed by atoms with Crippen molar-refractivity contribution in [3.8, 4) is 0 Å². The van der Waals surface area contributed by atoms with Gasteiger partial charge in [0, 0.05) is 27.4 Å². The highest BCUT2D eigenvalue weighted by atomic mass is 32.2. The second kappa shape index (κ2) is 28.6. The van der Waals surface area contributed by atoms with Gasteiger partial charge in [-0.15, -0.1) is 0 Å². The number of benzene rings is 2. The molecule has 10 nitrogen and oxygen atoms in total. The first kappa shape index (κ1) is 62.1. The molecule has 0 aromatic heterocycles. The van der Waals surface area contributed by atoms with E-state index in [1.54, 1.807) is 48.5 Å². The Morgan fingerprint density at radius 2 is 0.912 bits per heavy atom. The number of fused-ring (bicyclic) bond motifs is 2. The van der Waals surface area contributed by atoms with Crippen molar-refractivity contribution in [1.82, 2.24) is 0 Å². The van der Waals surface area contributed by atoms with Gasteiger partial charge in [-0.2, -0.15) is 0 Å². The van der Waals surface area contributed by atoms with Crippen molar-refractivity contribution in [3.05, 3.63) is 85.0 Å².